The van der Waals surface area contributed by atoms with Crippen LogP contribution in [0.4, 0.5) is 5.69 Å². The zero-order valence-electron chi connectivity index (χ0n) is 10.1. The number of nitrogens with one attached hydrogen (secondary N) is 1. The molecule has 4 heteroatoms. The summed E-state index contributed by atoms with van der Waals surface area (Å²) in [6.45, 7) is 1.94. The first kappa shape index (κ1) is 12.6. The quantitative estimate of drug-likeness (QED) is 0.831. The van der Waals surface area contributed by atoms with Crippen LogP contribution in [0.3, 0.4) is 0 Å². The summed E-state index contributed by atoms with van der Waals surface area (Å²) >= 11 is 4.21. The molecule has 1 heterocycles. The van der Waals surface area contributed by atoms with E-state index in [4.69, 9.17) is 0 Å². The van der Waals surface area contributed by atoms with Crippen LogP contribution >= 0.6 is 12.6 Å². The number of hydrogen-bond donors (Lipinski definition) is 2. The van der Waals surface area contributed by atoms with Crippen molar-refractivity contribution in [2.45, 2.75) is 18.2 Å². The fourth-order valence-electron chi connectivity index (χ4n) is 1.59. The number of benzene rings is 1. The average molecular weight is 258 g/mol. The SMILES string of the molecule is Cc1ccncc1NC(=O)Cc1ccc(S)cc1. The second kappa shape index (κ2) is 5.69. The Bertz CT molecular complexity index is 552. The van der Waals surface area contributed by atoms with E-state index >= 15 is 0 Å². The summed E-state index contributed by atoms with van der Waals surface area (Å²) in [7, 11) is 0. The van der Waals surface area contributed by atoms with E-state index in [1.165, 1.54) is 0 Å². The topological polar surface area (TPSA) is 42.0 Å². The lowest BCUT2D eigenvalue weighted by Gasteiger charge is -2.07. The molecular formula is C14H14N2OS. The predicted octanol–water partition coefficient (Wildman–Crippen LogP) is 2.86. The van der Waals surface area contributed by atoms with Crippen molar-refractivity contribution in [3.05, 3.63) is 53.9 Å². The van der Waals surface area contributed by atoms with Gasteiger partial charge in [-0.3, -0.25) is 9.78 Å². The fourth-order valence-corrected chi connectivity index (χ4v) is 1.74. The van der Waals surface area contributed by atoms with Crippen molar-refractivity contribution in [3.63, 3.8) is 0 Å². The molecule has 2 rings (SSSR count). The number of pyridine rings is 1. The minimum atomic E-state index is -0.0435. The van der Waals surface area contributed by atoms with E-state index in [1.807, 2.05) is 37.3 Å². The molecule has 1 aromatic carbocycles. The van der Waals surface area contributed by atoms with Crippen molar-refractivity contribution in [2.75, 3.05) is 5.32 Å². The average Bonchev–Trinajstić information content (AvgIpc) is 2.35. The van der Waals surface area contributed by atoms with E-state index in [9.17, 15) is 4.79 Å². The number of hydrogen-bond acceptors (Lipinski definition) is 3. The molecule has 0 fully saturated rings. The van der Waals surface area contributed by atoms with E-state index in [1.54, 1.807) is 12.4 Å². The first-order chi connectivity index (χ1) is 8.65. The van der Waals surface area contributed by atoms with Crippen LogP contribution in [-0.2, 0) is 11.2 Å². The number of amides is 1. The lowest BCUT2D eigenvalue weighted by atomic mass is 10.1. The van der Waals surface area contributed by atoms with Gasteiger partial charge in [0.05, 0.1) is 18.3 Å². The maximum Gasteiger partial charge on any atom is 0.228 e. The van der Waals surface area contributed by atoms with Gasteiger partial charge >= 0.3 is 0 Å². The van der Waals surface area contributed by atoms with E-state index in [2.05, 4.69) is 22.9 Å². The molecule has 0 aliphatic rings. The van der Waals surface area contributed by atoms with Crippen LogP contribution in [-0.4, -0.2) is 10.9 Å². The second-order valence-corrected chi connectivity index (χ2v) is 4.60. The zero-order valence-corrected chi connectivity index (χ0v) is 10.9. The van der Waals surface area contributed by atoms with Crippen LogP contribution in [0.1, 0.15) is 11.1 Å². The van der Waals surface area contributed by atoms with Crippen LogP contribution in [0.2, 0.25) is 0 Å². The van der Waals surface area contributed by atoms with Gasteiger partial charge in [-0.05, 0) is 36.2 Å². The third-order valence-corrected chi connectivity index (χ3v) is 2.91. The summed E-state index contributed by atoms with van der Waals surface area (Å²) in [6, 6.07) is 9.42. The fraction of sp³-hybridized carbons (Fsp3) is 0.143. The van der Waals surface area contributed by atoms with Gasteiger partial charge in [0, 0.05) is 11.1 Å². The number of carbonyl (C=O) groups is 1. The predicted molar refractivity (Wildman–Crippen MR) is 75.0 cm³/mol. The molecule has 1 amide bonds. The van der Waals surface area contributed by atoms with Crippen LogP contribution in [0.25, 0.3) is 0 Å². The first-order valence-corrected chi connectivity index (χ1v) is 6.08. The standard InChI is InChI=1S/C14H14N2OS/c1-10-6-7-15-9-13(10)16-14(17)8-11-2-4-12(18)5-3-11/h2-7,9,18H,8H2,1H3,(H,16,17). The van der Waals surface area contributed by atoms with Gasteiger partial charge in [-0.15, -0.1) is 12.6 Å². The van der Waals surface area contributed by atoms with E-state index in [0.29, 0.717) is 6.42 Å². The molecule has 0 unspecified atom stereocenters. The number of anilines is 1. The normalized spacial score (nSPS) is 10.1. The summed E-state index contributed by atoms with van der Waals surface area (Å²) in [5.41, 5.74) is 2.73. The Labute approximate surface area is 112 Å². The summed E-state index contributed by atoms with van der Waals surface area (Å²) in [4.78, 5) is 16.7. The van der Waals surface area contributed by atoms with Crippen molar-refractivity contribution < 1.29 is 4.79 Å². The van der Waals surface area contributed by atoms with Crippen LogP contribution in [0.15, 0.2) is 47.6 Å². The zero-order chi connectivity index (χ0) is 13.0. The molecule has 0 aliphatic carbocycles. The second-order valence-electron chi connectivity index (χ2n) is 4.08. The number of aryl methyl sites for hydroxylation is 1. The Kier molecular flexibility index (Phi) is 3.99. The van der Waals surface area contributed by atoms with E-state index < -0.39 is 0 Å². The number of thiol groups is 1. The molecule has 0 saturated carbocycles. The molecule has 1 aromatic heterocycles. The smallest absolute Gasteiger partial charge is 0.228 e. The molecule has 1 N–H and O–H groups in total. The van der Waals surface area contributed by atoms with Gasteiger partial charge in [-0.25, -0.2) is 0 Å². The number of aromatic nitrogens is 1. The van der Waals surface area contributed by atoms with Gasteiger partial charge in [0.15, 0.2) is 0 Å². The summed E-state index contributed by atoms with van der Waals surface area (Å²) < 4.78 is 0. The number of carbonyl (C=O) groups excluding carboxylic acids is 1. The van der Waals surface area contributed by atoms with Crippen molar-refractivity contribution >= 4 is 24.2 Å². The van der Waals surface area contributed by atoms with Crippen LogP contribution < -0.4 is 5.32 Å². The molecule has 0 atom stereocenters. The summed E-state index contributed by atoms with van der Waals surface area (Å²) in [5, 5.41) is 2.85. The molecular weight excluding hydrogens is 244 g/mol. The maximum absolute atomic E-state index is 11.9. The Balaban J connectivity index is 2.01. The first-order valence-electron chi connectivity index (χ1n) is 5.63. The van der Waals surface area contributed by atoms with Crippen molar-refractivity contribution in [2.24, 2.45) is 0 Å². The molecule has 18 heavy (non-hydrogen) atoms. The molecule has 92 valence electrons. The molecule has 0 spiro atoms. The lowest BCUT2D eigenvalue weighted by Crippen LogP contribution is -2.15. The van der Waals surface area contributed by atoms with Gasteiger partial charge in [0.25, 0.3) is 0 Å². The molecule has 3 nitrogen and oxygen atoms in total. The Morgan fingerprint density at radius 2 is 2.00 bits per heavy atom. The molecule has 0 radical (unpaired) electrons. The monoisotopic (exact) mass is 258 g/mol. The van der Waals surface area contributed by atoms with E-state index in [-0.39, 0.29) is 5.91 Å². The van der Waals surface area contributed by atoms with Gasteiger partial charge in [-0.1, -0.05) is 12.1 Å². The Hall–Kier alpha value is -1.81. The minimum absolute atomic E-state index is 0.0435. The highest BCUT2D eigenvalue weighted by atomic mass is 32.1. The largest absolute Gasteiger partial charge is 0.324 e. The molecule has 0 saturated heterocycles. The third kappa shape index (κ3) is 3.34. The van der Waals surface area contributed by atoms with Gasteiger partial charge in [-0.2, -0.15) is 0 Å². The highest BCUT2D eigenvalue weighted by molar-refractivity contribution is 7.80. The highest BCUT2D eigenvalue weighted by Crippen LogP contribution is 2.13. The van der Waals surface area contributed by atoms with Crippen molar-refractivity contribution in [3.8, 4) is 0 Å². The molecule has 2 aromatic rings. The Morgan fingerprint density at radius 1 is 1.28 bits per heavy atom. The van der Waals surface area contributed by atoms with Gasteiger partial charge in [0.2, 0.25) is 5.91 Å². The summed E-state index contributed by atoms with van der Waals surface area (Å²) in [6.07, 6.45) is 3.71. The summed E-state index contributed by atoms with van der Waals surface area (Å²) in [5.74, 6) is -0.0435. The third-order valence-electron chi connectivity index (χ3n) is 2.61. The minimum Gasteiger partial charge on any atom is -0.324 e. The van der Waals surface area contributed by atoms with Crippen molar-refractivity contribution in [1.82, 2.24) is 4.98 Å². The molecule has 0 aliphatic heterocycles. The number of nitrogens with zero attached hydrogens (tertiary/aromatic N) is 1. The number of rotatable bonds is 3. The Morgan fingerprint density at radius 3 is 2.67 bits per heavy atom. The van der Waals surface area contributed by atoms with Crippen molar-refractivity contribution in [1.29, 1.82) is 0 Å². The van der Waals surface area contributed by atoms with Crippen LogP contribution in [0.5, 0.6) is 0 Å². The lowest BCUT2D eigenvalue weighted by molar-refractivity contribution is -0.115. The highest BCUT2D eigenvalue weighted by Gasteiger charge is 2.05. The van der Waals surface area contributed by atoms with Gasteiger partial charge in [0.1, 0.15) is 0 Å². The van der Waals surface area contributed by atoms with E-state index in [0.717, 1.165) is 21.7 Å². The molecule has 0 bridgehead atoms. The maximum atomic E-state index is 11.9. The van der Waals surface area contributed by atoms with Gasteiger partial charge < -0.3 is 5.32 Å². The van der Waals surface area contributed by atoms with Crippen LogP contribution in [0, 0.1) is 6.92 Å².